The summed E-state index contributed by atoms with van der Waals surface area (Å²) in [5, 5.41) is 11.9. The molecule has 49 heavy (non-hydrogen) atoms. The zero-order valence-corrected chi connectivity index (χ0v) is 28.3. The van der Waals surface area contributed by atoms with Crippen LogP contribution in [-0.4, -0.2) is 69.8 Å². The average Bonchev–Trinajstić information content (AvgIpc) is 3.60. The number of pyridine rings is 1. The van der Waals surface area contributed by atoms with Crippen molar-refractivity contribution in [3.8, 4) is 0 Å². The second-order valence-corrected chi connectivity index (χ2v) is 12.9. The number of aromatic nitrogens is 2. The maximum atomic E-state index is 13.3. The first kappa shape index (κ1) is 35.2. The molecule has 6 rings (SSSR count). The Hall–Kier alpha value is -5.15. The Labute approximate surface area is 292 Å². The average molecular weight is 719 g/mol. The van der Waals surface area contributed by atoms with Gasteiger partial charge in [0.15, 0.2) is 10.8 Å². The Morgan fingerprint density at radius 3 is 1.86 bits per heavy atom. The topological polar surface area (TPSA) is 163 Å². The summed E-state index contributed by atoms with van der Waals surface area (Å²) in [6.45, 7) is 0. The quantitative estimate of drug-likeness (QED) is 0.0438. The molecule has 2 amide bonds. The van der Waals surface area contributed by atoms with Gasteiger partial charge in [-0.25, -0.2) is 9.29 Å². The van der Waals surface area contributed by atoms with E-state index in [0.717, 1.165) is 16.7 Å². The molecule has 0 radical (unpaired) electrons. The fraction of sp³-hybridized carbons (Fsp3) is 0.147. The Bertz CT molecular complexity index is 1860. The summed E-state index contributed by atoms with van der Waals surface area (Å²) in [4.78, 5) is 39.0. The number of β-lactam (4-membered cyclic amide) rings is 1. The SMILES string of the molecule is CON=C(C(=O)NC1C(=O)N(S(=O)(=O)O)C1CCl)c1csc(NC(c2ccccc2)(c2ccccc2)c2ccccc2)n1.c1ccncc1. The van der Waals surface area contributed by atoms with Gasteiger partial charge < -0.3 is 15.5 Å². The second kappa shape index (κ2) is 15.8. The van der Waals surface area contributed by atoms with Crippen LogP contribution in [0.2, 0.25) is 0 Å². The van der Waals surface area contributed by atoms with Crippen LogP contribution in [0, 0.1) is 0 Å². The molecule has 1 saturated heterocycles. The van der Waals surface area contributed by atoms with Gasteiger partial charge >= 0.3 is 10.3 Å². The number of hydrogen-bond acceptors (Lipinski definition) is 10. The van der Waals surface area contributed by atoms with Crippen molar-refractivity contribution in [2.75, 3.05) is 18.3 Å². The molecule has 2 atom stereocenters. The van der Waals surface area contributed by atoms with Crippen LogP contribution in [0.5, 0.6) is 0 Å². The van der Waals surface area contributed by atoms with Gasteiger partial charge in [-0.1, -0.05) is 102 Å². The van der Waals surface area contributed by atoms with E-state index >= 15 is 0 Å². The third-order valence-corrected chi connectivity index (χ3v) is 9.51. The smallest absolute Gasteiger partial charge is 0.362 e. The van der Waals surface area contributed by atoms with Crippen LogP contribution in [0.15, 0.2) is 132 Å². The number of oxime groups is 1. The highest BCUT2D eigenvalue weighted by Crippen LogP contribution is 2.40. The molecule has 3 N–H and O–H groups in total. The third kappa shape index (κ3) is 7.78. The molecule has 0 saturated carbocycles. The Kier molecular flexibility index (Phi) is 11.4. The highest BCUT2D eigenvalue weighted by molar-refractivity contribution is 7.84. The molecule has 3 heterocycles. The van der Waals surface area contributed by atoms with E-state index in [1.807, 2.05) is 109 Å². The number of amides is 2. The number of hydrogen-bond donors (Lipinski definition) is 3. The number of thiazole rings is 1. The lowest BCUT2D eigenvalue weighted by molar-refractivity contribution is -0.143. The van der Waals surface area contributed by atoms with Crippen LogP contribution < -0.4 is 10.6 Å². The fourth-order valence-corrected chi connectivity index (χ4v) is 7.34. The number of nitrogens with one attached hydrogen (secondary N) is 2. The maximum Gasteiger partial charge on any atom is 0.362 e. The number of nitrogens with zero attached hydrogens (tertiary/aromatic N) is 4. The minimum absolute atomic E-state index is 0.149. The molecular formula is C34H31ClN6O6S2. The van der Waals surface area contributed by atoms with E-state index in [4.69, 9.17) is 16.4 Å². The van der Waals surface area contributed by atoms with Crippen molar-refractivity contribution in [3.63, 3.8) is 0 Å². The van der Waals surface area contributed by atoms with Gasteiger partial charge in [-0.15, -0.1) is 22.9 Å². The second-order valence-electron chi connectivity index (χ2n) is 10.4. The van der Waals surface area contributed by atoms with Gasteiger partial charge in [0, 0.05) is 23.7 Å². The zero-order valence-electron chi connectivity index (χ0n) is 26.0. The van der Waals surface area contributed by atoms with Crippen molar-refractivity contribution in [1.29, 1.82) is 0 Å². The molecule has 1 aliphatic rings. The van der Waals surface area contributed by atoms with Crippen molar-refractivity contribution in [2.24, 2.45) is 5.16 Å². The molecule has 0 aliphatic carbocycles. The molecule has 1 aliphatic heterocycles. The number of carbonyl (C=O) groups excluding carboxylic acids is 2. The lowest BCUT2D eigenvalue weighted by atomic mass is 9.77. The highest BCUT2D eigenvalue weighted by atomic mass is 35.5. The minimum Gasteiger partial charge on any atom is -0.398 e. The first-order valence-electron chi connectivity index (χ1n) is 14.7. The van der Waals surface area contributed by atoms with E-state index in [2.05, 4.69) is 25.8 Å². The molecular weight excluding hydrogens is 688 g/mol. The summed E-state index contributed by atoms with van der Waals surface area (Å²) in [7, 11) is -3.59. The lowest BCUT2D eigenvalue weighted by Crippen LogP contribution is -2.73. The predicted octanol–water partition coefficient (Wildman–Crippen LogP) is 4.72. The Balaban J connectivity index is 0.000000704. The fourth-order valence-electron chi connectivity index (χ4n) is 5.31. The van der Waals surface area contributed by atoms with Crippen LogP contribution in [0.25, 0.3) is 0 Å². The zero-order chi connectivity index (χ0) is 34.9. The number of rotatable bonds is 11. The maximum absolute atomic E-state index is 13.3. The van der Waals surface area contributed by atoms with Crippen LogP contribution in [-0.2, 0) is 30.3 Å². The van der Waals surface area contributed by atoms with Gasteiger partial charge in [0.25, 0.3) is 11.8 Å². The largest absolute Gasteiger partial charge is 0.398 e. The lowest BCUT2D eigenvalue weighted by Gasteiger charge is -2.43. The van der Waals surface area contributed by atoms with E-state index in [-0.39, 0.29) is 21.6 Å². The number of alkyl halides is 1. The minimum atomic E-state index is -4.84. The van der Waals surface area contributed by atoms with Gasteiger partial charge in [-0.2, -0.15) is 8.42 Å². The summed E-state index contributed by atoms with van der Waals surface area (Å²) < 4.78 is 32.6. The summed E-state index contributed by atoms with van der Waals surface area (Å²) in [5.41, 5.74) is 1.88. The van der Waals surface area contributed by atoms with Crippen molar-refractivity contribution in [1.82, 2.24) is 19.6 Å². The summed E-state index contributed by atoms with van der Waals surface area (Å²) in [5.74, 6) is -2.22. The van der Waals surface area contributed by atoms with E-state index in [0.29, 0.717) is 5.13 Å². The van der Waals surface area contributed by atoms with Gasteiger partial charge in [0.2, 0.25) is 0 Å². The van der Waals surface area contributed by atoms with Gasteiger partial charge in [0.1, 0.15) is 24.4 Å². The standard InChI is InChI=1S/C29H26ClN5O6S2.C5H5N/c1-41-34-24(26(36)32-25-23(17-30)35(27(25)37)43(38,39)40)22-18-42-28(31-22)33-29(19-11-5-2-6-12-19,20-13-7-3-8-14-20)21-15-9-4-10-16-21;1-2-4-6-5-3-1/h2-16,18,23,25H,17H2,1H3,(H,31,33)(H,32,36)(H,38,39,40);1-5H. The Morgan fingerprint density at radius 2 is 1.45 bits per heavy atom. The molecule has 15 heteroatoms. The molecule has 2 unspecified atom stereocenters. The first-order valence-corrected chi connectivity index (χ1v) is 17.6. The molecule has 3 aromatic carbocycles. The summed E-state index contributed by atoms with van der Waals surface area (Å²) in [6, 6.07) is 32.9. The van der Waals surface area contributed by atoms with E-state index in [9.17, 15) is 22.6 Å². The van der Waals surface area contributed by atoms with Gasteiger partial charge in [-0.05, 0) is 28.8 Å². The Morgan fingerprint density at radius 1 is 0.939 bits per heavy atom. The van der Waals surface area contributed by atoms with Crippen LogP contribution in [0.1, 0.15) is 22.4 Å². The first-order chi connectivity index (χ1) is 23.7. The van der Waals surface area contributed by atoms with Crippen LogP contribution in [0.3, 0.4) is 0 Å². The van der Waals surface area contributed by atoms with Crippen molar-refractivity contribution >= 4 is 55.9 Å². The molecule has 0 bridgehead atoms. The van der Waals surface area contributed by atoms with Crippen LogP contribution in [0.4, 0.5) is 5.13 Å². The van der Waals surface area contributed by atoms with E-state index in [1.165, 1.54) is 18.4 Å². The molecule has 12 nitrogen and oxygen atoms in total. The number of halogens is 1. The van der Waals surface area contributed by atoms with Crippen LogP contribution >= 0.6 is 22.9 Å². The van der Waals surface area contributed by atoms with Gasteiger partial charge in [-0.3, -0.25) is 19.1 Å². The molecule has 5 aromatic rings. The monoisotopic (exact) mass is 718 g/mol. The van der Waals surface area contributed by atoms with E-state index < -0.39 is 39.7 Å². The molecule has 1 fully saturated rings. The van der Waals surface area contributed by atoms with Crippen molar-refractivity contribution in [3.05, 3.63) is 149 Å². The number of benzene rings is 3. The number of anilines is 1. The normalized spacial score (nSPS) is 16.1. The molecule has 0 spiro atoms. The summed E-state index contributed by atoms with van der Waals surface area (Å²) in [6.07, 6.45) is 3.50. The predicted molar refractivity (Wildman–Crippen MR) is 188 cm³/mol. The highest BCUT2D eigenvalue weighted by Gasteiger charge is 2.53. The molecule has 2 aromatic heterocycles. The van der Waals surface area contributed by atoms with Crippen molar-refractivity contribution in [2.45, 2.75) is 17.6 Å². The van der Waals surface area contributed by atoms with Crippen molar-refractivity contribution < 1.29 is 27.4 Å². The van der Waals surface area contributed by atoms with E-state index in [1.54, 1.807) is 17.8 Å². The molecule has 252 valence electrons. The van der Waals surface area contributed by atoms with Gasteiger partial charge in [0.05, 0.1) is 6.04 Å². The summed E-state index contributed by atoms with van der Waals surface area (Å²) >= 11 is 7.06. The third-order valence-electron chi connectivity index (χ3n) is 7.49. The number of carbonyl (C=O) groups is 2.